The second-order valence-electron chi connectivity index (χ2n) is 3.13. The zero-order chi connectivity index (χ0) is 10.8. The number of nitrogens with zero attached hydrogens (tertiary/aromatic N) is 1. The van der Waals surface area contributed by atoms with Gasteiger partial charge in [0, 0.05) is 15.3 Å². The highest BCUT2D eigenvalue weighted by Crippen LogP contribution is 2.30. The lowest BCUT2D eigenvalue weighted by Crippen LogP contribution is -1.89. The molecule has 0 saturated heterocycles. The Balaban J connectivity index is 2.58. The second-order valence-corrected chi connectivity index (χ2v) is 4.38. The number of anilines is 1. The maximum atomic E-state index is 9.71. The first-order valence-electron chi connectivity index (χ1n) is 4.37. The Morgan fingerprint density at radius 2 is 2.00 bits per heavy atom. The molecule has 0 bridgehead atoms. The number of nitrogen functional groups attached to an aromatic ring is 1. The van der Waals surface area contributed by atoms with Crippen LogP contribution in [0.3, 0.4) is 0 Å². The highest BCUT2D eigenvalue weighted by Gasteiger charge is 2.05. The van der Waals surface area contributed by atoms with Crippen LogP contribution >= 0.6 is 22.6 Å². The molecule has 0 saturated carbocycles. The summed E-state index contributed by atoms with van der Waals surface area (Å²) in [7, 11) is 0. The summed E-state index contributed by atoms with van der Waals surface area (Å²) in [5.74, 6) is 0.701. The lowest BCUT2D eigenvalue weighted by atomic mass is 10.1. The lowest BCUT2D eigenvalue weighted by Gasteiger charge is -2.05. The van der Waals surface area contributed by atoms with Gasteiger partial charge in [0.25, 0.3) is 0 Å². The normalized spacial score (nSPS) is 10.2. The van der Waals surface area contributed by atoms with Gasteiger partial charge in [0.15, 0.2) is 0 Å². The average molecular weight is 312 g/mol. The van der Waals surface area contributed by atoms with Crippen molar-refractivity contribution in [3.63, 3.8) is 0 Å². The Morgan fingerprint density at radius 3 is 2.73 bits per heavy atom. The van der Waals surface area contributed by atoms with E-state index in [1.807, 2.05) is 18.2 Å². The Kier molecular flexibility index (Phi) is 2.77. The number of nitrogens with two attached hydrogens (primary N) is 1. The van der Waals surface area contributed by atoms with Gasteiger partial charge >= 0.3 is 0 Å². The molecule has 0 spiro atoms. The predicted octanol–water partition coefficient (Wildman–Crippen LogP) is 2.64. The molecule has 1 aromatic heterocycles. The Bertz CT molecular complexity index is 500. The molecule has 1 aromatic carbocycles. The molecule has 15 heavy (non-hydrogen) atoms. The van der Waals surface area contributed by atoms with Crippen LogP contribution in [-0.4, -0.2) is 10.1 Å². The van der Waals surface area contributed by atoms with E-state index >= 15 is 0 Å². The van der Waals surface area contributed by atoms with Crippen LogP contribution in [-0.2, 0) is 0 Å². The smallest absolute Gasteiger partial charge is 0.123 e. The Morgan fingerprint density at radius 1 is 1.20 bits per heavy atom. The number of phenols is 1. The van der Waals surface area contributed by atoms with Gasteiger partial charge in [-0.3, -0.25) is 0 Å². The van der Waals surface area contributed by atoms with E-state index in [0.717, 1.165) is 14.7 Å². The van der Waals surface area contributed by atoms with Gasteiger partial charge in [-0.15, -0.1) is 0 Å². The summed E-state index contributed by atoms with van der Waals surface area (Å²) in [4.78, 5) is 3.91. The molecule has 2 rings (SSSR count). The largest absolute Gasteiger partial charge is 0.507 e. The van der Waals surface area contributed by atoms with E-state index < -0.39 is 0 Å². The molecule has 4 heteroatoms. The molecular formula is C11H9IN2O. The van der Waals surface area contributed by atoms with Crippen molar-refractivity contribution in [2.75, 3.05) is 5.73 Å². The first-order valence-corrected chi connectivity index (χ1v) is 5.45. The summed E-state index contributed by atoms with van der Waals surface area (Å²) in [6.07, 6.45) is 1.63. The van der Waals surface area contributed by atoms with Gasteiger partial charge in [-0.2, -0.15) is 0 Å². The molecule has 3 nitrogen and oxygen atoms in total. The number of halogens is 1. The van der Waals surface area contributed by atoms with Crippen LogP contribution < -0.4 is 5.73 Å². The van der Waals surface area contributed by atoms with Gasteiger partial charge in [-0.05, 0) is 58.5 Å². The molecular weight excluding hydrogens is 303 g/mol. The number of benzene rings is 1. The molecule has 0 atom stereocenters. The number of rotatable bonds is 1. The van der Waals surface area contributed by atoms with Gasteiger partial charge in [-0.1, -0.05) is 0 Å². The fourth-order valence-corrected chi connectivity index (χ4v) is 1.85. The summed E-state index contributed by atoms with van der Waals surface area (Å²) >= 11 is 2.20. The van der Waals surface area contributed by atoms with Crippen molar-refractivity contribution in [1.82, 2.24) is 4.98 Å². The van der Waals surface area contributed by atoms with Crippen LogP contribution in [0.2, 0.25) is 0 Å². The van der Waals surface area contributed by atoms with E-state index in [-0.39, 0.29) is 5.75 Å². The van der Waals surface area contributed by atoms with Gasteiger partial charge < -0.3 is 10.8 Å². The molecule has 0 aliphatic rings. The van der Waals surface area contributed by atoms with E-state index in [9.17, 15) is 5.11 Å². The summed E-state index contributed by atoms with van der Waals surface area (Å²) < 4.78 is 1.07. The minimum Gasteiger partial charge on any atom is -0.507 e. The fraction of sp³-hybridized carbons (Fsp3) is 0. The van der Waals surface area contributed by atoms with Gasteiger partial charge in [0.2, 0.25) is 0 Å². The summed E-state index contributed by atoms with van der Waals surface area (Å²) in [6, 6.07) is 8.99. The molecule has 0 unspecified atom stereocenters. The topological polar surface area (TPSA) is 59.1 Å². The van der Waals surface area contributed by atoms with Crippen LogP contribution in [0.15, 0.2) is 36.5 Å². The molecule has 2 aromatic rings. The average Bonchev–Trinajstić information content (AvgIpc) is 2.22. The SMILES string of the molecule is Nc1cc(-c2cc(I)ccc2O)ccn1. The zero-order valence-electron chi connectivity index (χ0n) is 7.81. The molecule has 1 heterocycles. The minimum atomic E-state index is 0.251. The standard InChI is InChI=1S/C11H9IN2O/c12-8-1-2-10(15)9(6-8)7-3-4-14-11(13)5-7/h1-6,15H,(H2,13,14). The summed E-state index contributed by atoms with van der Waals surface area (Å²) in [6.45, 7) is 0. The number of hydrogen-bond donors (Lipinski definition) is 2. The molecule has 0 aliphatic carbocycles. The third kappa shape index (κ3) is 2.20. The van der Waals surface area contributed by atoms with Gasteiger partial charge in [0.05, 0.1) is 0 Å². The monoisotopic (exact) mass is 312 g/mol. The predicted molar refractivity (Wildman–Crippen MR) is 68.5 cm³/mol. The third-order valence-corrected chi connectivity index (χ3v) is 2.72. The maximum absolute atomic E-state index is 9.71. The highest BCUT2D eigenvalue weighted by molar-refractivity contribution is 14.1. The van der Waals surface area contributed by atoms with Crippen molar-refractivity contribution in [2.45, 2.75) is 0 Å². The van der Waals surface area contributed by atoms with Crippen molar-refractivity contribution in [1.29, 1.82) is 0 Å². The van der Waals surface area contributed by atoms with Crippen molar-refractivity contribution >= 4 is 28.4 Å². The first-order chi connectivity index (χ1) is 7.16. The van der Waals surface area contributed by atoms with Crippen molar-refractivity contribution in [3.8, 4) is 16.9 Å². The second kappa shape index (κ2) is 4.06. The Hall–Kier alpha value is -1.30. The molecule has 0 amide bonds. The van der Waals surface area contributed by atoms with E-state index in [0.29, 0.717) is 5.82 Å². The fourth-order valence-electron chi connectivity index (χ4n) is 1.36. The van der Waals surface area contributed by atoms with Crippen LogP contribution in [0.25, 0.3) is 11.1 Å². The number of aromatic nitrogens is 1. The van der Waals surface area contributed by atoms with Crippen LogP contribution in [0, 0.1) is 3.57 Å². The third-order valence-electron chi connectivity index (χ3n) is 2.05. The number of aromatic hydroxyl groups is 1. The number of phenolic OH excluding ortho intramolecular Hbond substituents is 1. The van der Waals surface area contributed by atoms with Gasteiger partial charge in [0.1, 0.15) is 11.6 Å². The van der Waals surface area contributed by atoms with E-state index in [4.69, 9.17) is 5.73 Å². The van der Waals surface area contributed by atoms with Crippen molar-refractivity contribution in [3.05, 3.63) is 40.1 Å². The molecule has 3 N–H and O–H groups in total. The van der Waals surface area contributed by atoms with Gasteiger partial charge in [-0.25, -0.2) is 4.98 Å². The maximum Gasteiger partial charge on any atom is 0.123 e. The minimum absolute atomic E-state index is 0.251. The number of hydrogen-bond acceptors (Lipinski definition) is 3. The van der Waals surface area contributed by atoms with E-state index in [2.05, 4.69) is 27.6 Å². The molecule has 76 valence electrons. The van der Waals surface area contributed by atoms with E-state index in [1.165, 1.54) is 0 Å². The molecule has 0 fully saturated rings. The Labute approximate surface area is 101 Å². The van der Waals surface area contributed by atoms with Crippen LogP contribution in [0.1, 0.15) is 0 Å². The quantitative estimate of drug-likeness (QED) is 0.796. The number of pyridine rings is 1. The molecule has 0 radical (unpaired) electrons. The lowest BCUT2D eigenvalue weighted by molar-refractivity contribution is 0.477. The highest BCUT2D eigenvalue weighted by atomic mass is 127. The molecule has 0 aliphatic heterocycles. The summed E-state index contributed by atoms with van der Waals surface area (Å²) in [5, 5.41) is 9.71. The first kappa shape index (κ1) is 10.2. The van der Waals surface area contributed by atoms with Crippen LogP contribution in [0.4, 0.5) is 5.82 Å². The zero-order valence-corrected chi connectivity index (χ0v) is 9.97. The van der Waals surface area contributed by atoms with Crippen molar-refractivity contribution in [2.24, 2.45) is 0 Å². The summed E-state index contributed by atoms with van der Waals surface area (Å²) in [5.41, 5.74) is 7.24. The van der Waals surface area contributed by atoms with E-state index in [1.54, 1.807) is 18.3 Å². The van der Waals surface area contributed by atoms with Crippen molar-refractivity contribution < 1.29 is 5.11 Å². The van der Waals surface area contributed by atoms with Crippen LogP contribution in [0.5, 0.6) is 5.75 Å².